The van der Waals surface area contributed by atoms with E-state index in [9.17, 15) is 4.79 Å². The molecular formula is C23H18N4O2S2. The van der Waals surface area contributed by atoms with Gasteiger partial charge in [-0.25, -0.2) is 9.97 Å². The summed E-state index contributed by atoms with van der Waals surface area (Å²) in [6.45, 7) is 0.350. The number of fused-ring (bicyclic) bond motifs is 1. The predicted molar refractivity (Wildman–Crippen MR) is 124 cm³/mol. The number of pyridine rings is 1. The lowest BCUT2D eigenvalue weighted by molar-refractivity contribution is -0.115. The fourth-order valence-corrected chi connectivity index (χ4v) is 4.69. The van der Waals surface area contributed by atoms with Crippen LogP contribution in [0.2, 0.25) is 0 Å². The Morgan fingerprint density at radius 2 is 2.03 bits per heavy atom. The van der Waals surface area contributed by atoms with Crippen LogP contribution in [0.5, 0.6) is 5.75 Å². The molecule has 1 N–H and O–H groups in total. The van der Waals surface area contributed by atoms with Gasteiger partial charge in [0.25, 0.3) is 0 Å². The first-order valence-corrected chi connectivity index (χ1v) is 11.5. The van der Waals surface area contributed by atoms with E-state index in [4.69, 9.17) is 4.74 Å². The lowest BCUT2D eigenvalue weighted by Crippen LogP contribution is -2.14. The number of hydrogen-bond donors (Lipinski definition) is 1. The lowest BCUT2D eigenvalue weighted by Gasteiger charge is -2.08. The molecule has 31 heavy (non-hydrogen) atoms. The molecule has 6 nitrogen and oxygen atoms in total. The van der Waals surface area contributed by atoms with Crippen LogP contribution in [-0.2, 0) is 17.8 Å². The summed E-state index contributed by atoms with van der Waals surface area (Å²) < 4.78 is 7.83. The monoisotopic (exact) mass is 446 g/mol. The highest BCUT2D eigenvalue weighted by molar-refractivity contribution is 7.14. The van der Waals surface area contributed by atoms with Crippen molar-refractivity contribution in [2.75, 3.05) is 5.32 Å². The Bertz CT molecular complexity index is 1290. The fourth-order valence-electron chi connectivity index (χ4n) is 3.15. The van der Waals surface area contributed by atoms with Crippen LogP contribution in [0.3, 0.4) is 0 Å². The van der Waals surface area contributed by atoms with E-state index < -0.39 is 0 Å². The molecule has 0 unspecified atom stereocenters. The van der Waals surface area contributed by atoms with Crippen LogP contribution in [0.15, 0.2) is 77.1 Å². The van der Waals surface area contributed by atoms with Crippen LogP contribution in [-0.4, -0.2) is 20.3 Å². The van der Waals surface area contributed by atoms with Crippen LogP contribution in [0.4, 0.5) is 5.69 Å². The van der Waals surface area contributed by atoms with E-state index in [1.807, 2.05) is 76.1 Å². The number of nitrogens with zero attached hydrogens (tertiary/aromatic N) is 3. The summed E-state index contributed by atoms with van der Waals surface area (Å²) in [5.41, 5.74) is 4.27. The predicted octanol–water partition coefficient (Wildman–Crippen LogP) is 5.28. The van der Waals surface area contributed by atoms with Gasteiger partial charge in [-0.15, -0.1) is 11.3 Å². The van der Waals surface area contributed by atoms with Gasteiger partial charge in [-0.1, -0.05) is 12.1 Å². The van der Waals surface area contributed by atoms with E-state index in [1.165, 1.54) is 0 Å². The number of amides is 1. The standard InChI is InChI=1S/C23H18N4O2S2/c28-22(11-18-15-31-23(26-18)16-7-9-30-14-16)25-17-4-3-5-20(10-17)29-13-19-12-27-8-2-1-6-21(27)24-19/h1-10,12,14-15H,11,13H2,(H,25,28). The van der Waals surface area contributed by atoms with Gasteiger partial charge >= 0.3 is 0 Å². The van der Waals surface area contributed by atoms with Gasteiger partial charge in [-0.3, -0.25) is 4.79 Å². The van der Waals surface area contributed by atoms with Crippen molar-refractivity contribution in [1.29, 1.82) is 0 Å². The SMILES string of the molecule is O=C(Cc1csc(-c2ccsc2)n1)Nc1cccc(OCc2cn3ccccc3n2)c1. The van der Waals surface area contributed by atoms with E-state index in [0.29, 0.717) is 18.0 Å². The molecule has 0 radical (unpaired) electrons. The molecule has 5 aromatic rings. The molecule has 0 saturated carbocycles. The summed E-state index contributed by atoms with van der Waals surface area (Å²) in [4.78, 5) is 21.6. The van der Waals surface area contributed by atoms with Crippen molar-refractivity contribution in [2.24, 2.45) is 0 Å². The number of benzene rings is 1. The Labute approximate surface area is 186 Å². The first-order chi connectivity index (χ1) is 15.2. The van der Waals surface area contributed by atoms with Gasteiger partial charge < -0.3 is 14.5 Å². The van der Waals surface area contributed by atoms with E-state index in [2.05, 4.69) is 20.7 Å². The van der Waals surface area contributed by atoms with Crippen molar-refractivity contribution < 1.29 is 9.53 Å². The molecule has 0 aliphatic carbocycles. The number of hydrogen-bond acceptors (Lipinski definition) is 6. The van der Waals surface area contributed by atoms with Crippen LogP contribution >= 0.6 is 22.7 Å². The number of rotatable bonds is 7. The molecule has 0 aliphatic heterocycles. The van der Waals surface area contributed by atoms with Crippen molar-refractivity contribution >= 4 is 39.9 Å². The van der Waals surface area contributed by atoms with Crippen molar-refractivity contribution in [1.82, 2.24) is 14.4 Å². The maximum Gasteiger partial charge on any atom is 0.230 e. The quantitative estimate of drug-likeness (QED) is 0.369. The molecule has 5 rings (SSSR count). The van der Waals surface area contributed by atoms with Crippen molar-refractivity contribution in [3.05, 3.63) is 88.5 Å². The molecule has 0 atom stereocenters. The number of imidazole rings is 1. The highest BCUT2D eigenvalue weighted by Gasteiger charge is 2.10. The summed E-state index contributed by atoms with van der Waals surface area (Å²) in [6.07, 6.45) is 4.12. The minimum atomic E-state index is -0.111. The molecule has 1 amide bonds. The molecular weight excluding hydrogens is 428 g/mol. The molecule has 0 aliphatic rings. The Kier molecular flexibility index (Phi) is 5.47. The second-order valence-electron chi connectivity index (χ2n) is 6.90. The third kappa shape index (κ3) is 4.65. The number of thiazole rings is 1. The summed E-state index contributed by atoms with van der Waals surface area (Å²) in [5, 5.41) is 9.87. The Hall–Kier alpha value is -3.49. The zero-order valence-corrected chi connectivity index (χ0v) is 18.0. The van der Waals surface area contributed by atoms with E-state index in [-0.39, 0.29) is 12.3 Å². The van der Waals surface area contributed by atoms with Crippen LogP contribution in [0.1, 0.15) is 11.4 Å². The van der Waals surface area contributed by atoms with Gasteiger partial charge in [-0.2, -0.15) is 11.3 Å². The zero-order chi connectivity index (χ0) is 21.0. The van der Waals surface area contributed by atoms with E-state index in [1.54, 1.807) is 22.7 Å². The van der Waals surface area contributed by atoms with Crippen LogP contribution in [0, 0.1) is 0 Å². The molecule has 1 aromatic carbocycles. The Morgan fingerprint density at radius 3 is 2.90 bits per heavy atom. The zero-order valence-electron chi connectivity index (χ0n) is 16.4. The summed E-state index contributed by atoms with van der Waals surface area (Å²) >= 11 is 3.19. The summed E-state index contributed by atoms with van der Waals surface area (Å²) in [7, 11) is 0. The summed E-state index contributed by atoms with van der Waals surface area (Å²) in [6, 6.07) is 15.3. The first kappa shape index (κ1) is 19.5. The maximum absolute atomic E-state index is 12.5. The Balaban J connectivity index is 1.19. The third-order valence-corrected chi connectivity index (χ3v) is 6.20. The average Bonchev–Trinajstić information content (AvgIpc) is 3.52. The van der Waals surface area contributed by atoms with Crippen LogP contribution < -0.4 is 10.1 Å². The first-order valence-electron chi connectivity index (χ1n) is 9.65. The minimum Gasteiger partial charge on any atom is -0.487 e. The number of ether oxygens (including phenoxy) is 1. The van der Waals surface area contributed by atoms with Gasteiger partial charge in [0.05, 0.1) is 17.8 Å². The molecule has 8 heteroatoms. The van der Waals surface area contributed by atoms with Gasteiger partial charge in [0, 0.05) is 40.5 Å². The van der Waals surface area contributed by atoms with Crippen LogP contribution in [0.25, 0.3) is 16.2 Å². The number of carbonyl (C=O) groups excluding carboxylic acids is 1. The molecule has 0 spiro atoms. The van der Waals surface area contributed by atoms with E-state index in [0.717, 1.165) is 27.6 Å². The number of thiophene rings is 1. The Morgan fingerprint density at radius 1 is 1.06 bits per heavy atom. The lowest BCUT2D eigenvalue weighted by atomic mass is 10.2. The molecule has 154 valence electrons. The third-order valence-electron chi connectivity index (χ3n) is 4.58. The number of carbonyl (C=O) groups is 1. The van der Waals surface area contributed by atoms with Crippen molar-refractivity contribution in [3.63, 3.8) is 0 Å². The normalized spacial score (nSPS) is 11.0. The number of anilines is 1. The molecule has 4 aromatic heterocycles. The smallest absolute Gasteiger partial charge is 0.230 e. The topological polar surface area (TPSA) is 68.5 Å². The van der Waals surface area contributed by atoms with Crippen molar-refractivity contribution in [2.45, 2.75) is 13.0 Å². The molecule has 0 saturated heterocycles. The van der Waals surface area contributed by atoms with Gasteiger partial charge in [0.2, 0.25) is 5.91 Å². The van der Waals surface area contributed by atoms with Crippen molar-refractivity contribution in [3.8, 4) is 16.3 Å². The molecule has 0 bridgehead atoms. The number of aromatic nitrogens is 3. The van der Waals surface area contributed by atoms with E-state index >= 15 is 0 Å². The molecule has 4 heterocycles. The van der Waals surface area contributed by atoms with Gasteiger partial charge in [-0.05, 0) is 35.7 Å². The second kappa shape index (κ2) is 8.71. The van der Waals surface area contributed by atoms with Gasteiger partial charge in [0.1, 0.15) is 23.0 Å². The average molecular weight is 447 g/mol. The molecule has 0 fully saturated rings. The minimum absolute atomic E-state index is 0.111. The largest absolute Gasteiger partial charge is 0.487 e. The van der Waals surface area contributed by atoms with Gasteiger partial charge in [0.15, 0.2) is 0 Å². The maximum atomic E-state index is 12.5. The number of nitrogens with one attached hydrogen (secondary N) is 1. The fraction of sp³-hybridized carbons (Fsp3) is 0.0870. The second-order valence-corrected chi connectivity index (χ2v) is 8.53. The highest BCUT2D eigenvalue weighted by Crippen LogP contribution is 2.26. The highest BCUT2D eigenvalue weighted by atomic mass is 32.1. The summed E-state index contributed by atoms with van der Waals surface area (Å²) in [5.74, 6) is 0.558.